The van der Waals surface area contributed by atoms with Gasteiger partial charge in [0.05, 0.1) is 6.26 Å². The van der Waals surface area contributed by atoms with Crippen molar-refractivity contribution >= 4 is 5.88 Å². The molecular formula is C19H26N6O. The van der Waals surface area contributed by atoms with Crippen molar-refractivity contribution in [2.24, 2.45) is 0 Å². The molecule has 138 valence electrons. The Hall–Kier alpha value is -2.64. The van der Waals surface area contributed by atoms with Gasteiger partial charge in [0, 0.05) is 51.4 Å². The van der Waals surface area contributed by atoms with E-state index >= 15 is 0 Å². The Kier molecular flexibility index (Phi) is 6.04. The van der Waals surface area contributed by atoms with Crippen LogP contribution in [0.2, 0.25) is 0 Å². The number of allylic oxidation sites excluding steroid dienone is 1. The average Bonchev–Trinajstić information content (AvgIpc) is 3.32. The van der Waals surface area contributed by atoms with Crippen LogP contribution in [-0.2, 0) is 6.54 Å². The van der Waals surface area contributed by atoms with E-state index in [1.54, 1.807) is 0 Å². The van der Waals surface area contributed by atoms with Gasteiger partial charge in [-0.3, -0.25) is 4.90 Å². The van der Waals surface area contributed by atoms with E-state index in [4.69, 9.17) is 14.9 Å². The summed E-state index contributed by atoms with van der Waals surface area (Å²) >= 11 is 0. The molecule has 7 nitrogen and oxygen atoms in total. The lowest BCUT2D eigenvalue weighted by molar-refractivity contribution is 0.220. The van der Waals surface area contributed by atoms with E-state index in [0.717, 1.165) is 38.6 Å². The minimum absolute atomic E-state index is 0.145. The highest BCUT2D eigenvalue weighted by Gasteiger charge is 2.21. The summed E-state index contributed by atoms with van der Waals surface area (Å²) in [5.41, 5.74) is 1.36. The molecule has 0 unspecified atom stereocenters. The number of rotatable bonds is 6. The average molecular weight is 354 g/mol. The van der Waals surface area contributed by atoms with Gasteiger partial charge in [0.25, 0.3) is 0 Å². The van der Waals surface area contributed by atoms with E-state index in [0.29, 0.717) is 5.82 Å². The third-order valence-electron chi connectivity index (χ3n) is 5.03. The highest BCUT2D eigenvalue weighted by Crippen LogP contribution is 2.21. The molecule has 1 aromatic rings. The number of anilines is 1. The van der Waals surface area contributed by atoms with Gasteiger partial charge < -0.3 is 19.5 Å². The molecule has 2 saturated heterocycles. The second-order valence-corrected chi connectivity index (χ2v) is 6.91. The SMILES string of the molecule is CN(CCN1CCNC1=C(C#N)C#N)c1cc(CN2CCCCC2)co1. The largest absolute Gasteiger partial charge is 0.448 e. The fourth-order valence-corrected chi connectivity index (χ4v) is 3.54. The van der Waals surface area contributed by atoms with Crippen molar-refractivity contribution in [3.63, 3.8) is 0 Å². The number of furan rings is 1. The summed E-state index contributed by atoms with van der Waals surface area (Å²) in [6, 6.07) is 6.04. The smallest absolute Gasteiger partial charge is 0.195 e. The minimum Gasteiger partial charge on any atom is -0.448 e. The standard InChI is InChI=1S/C19H26N6O/c1-23(9-10-25-8-5-22-19(25)17(12-20)13-21)18-11-16(15-26-18)14-24-6-3-2-4-7-24/h11,15,22H,2-10,14H2,1H3. The zero-order valence-corrected chi connectivity index (χ0v) is 15.4. The molecule has 0 amide bonds. The van der Waals surface area contributed by atoms with Gasteiger partial charge in [-0.15, -0.1) is 0 Å². The fraction of sp³-hybridized carbons (Fsp3) is 0.579. The molecule has 0 spiro atoms. The van der Waals surface area contributed by atoms with E-state index in [-0.39, 0.29) is 5.57 Å². The molecule has 0 aliphatic carbocycles. The molecule has 26 heavy (non-hydrogen) atoms. The first kappa shape index (κ1) is 18.2. The van der Waals surface area contributed by atoms with Crippen molar-refractivity contribution < 1.29 is 4.42 Å². The highest BCUT2D eigenvalue weighted by atomic mass is 16.3. The summed E-state index contributed by atoms with van der Waals surface area (Å²) in [7, 11) is 2.01. The maximum Gasteiger partial charge on any atom is 0.195 e. The topological polar surface area (TPSA) is 82.5 Å². The number of hydrogen-bond donors (Lipinski definition) is 1. The van der Waals surface area contributed by atoms with Crippen molar-refractivity contribution in [2.45, 2.75) is 25.8 Å². The Labute approximate surface area is 155 Å². The van der Waals surface area contributed by atoms with Crippen LogP contribution in [-0.4, -0.2) is 56.1 Å². The number of piperidine rings is 1. The summed E-state index contributed by atoms with van der Waals surface area (Å²) in [5, 5.41) is 21.3. The lowest BCUT2D eigenvalue weighted by atomic mass is 10.1. The lowest BCUT2D eigenvalue weighted by Gasteiger charge is -2.25. The van der Waals surface area contributed by atoms with Crippen LogP contribution >= 0.6 is 0 Å². The molecule has 2 fully saturated rings. The zero-order valence-electron chi connectivity index (χ0n) is 15.4. The van der Waals surface area contributed by atoms with Crippen LogP contribution in [0.3, 0.4) is 0 Å². The summed E-state index contributed by atoms with van der Waals surface area (Å²) < 4.78 is 5.75. The van der Waals surface area contributed by atoms with Crippen LogP contribution in [0.25, 0.3) is 0 Å². The fourth-order valence-electron chi connectivity index (χ4n) is 3.54. The van der Waals surface area contributed by atoms with Crippen LogP contribution < -0.4 is 10.2 Å². The summed E-state index contributed by atoms with van der Waals surface area (Å²) in [6.07, 6.45) is 5.78. The van der Waals surface area contributed by atoms with E-state index in [9.17, 15) is 0 Å². The zero-order chi connectivity index (χ0) is 18.4. The van der Waals surface area contributed by atoms with E-state index in [2.05, 4.69) is 26.1 Å². The van der Waals surface area contributed by atoms with Gasteiger partial charge >= 0.3 is 0 Å². The van der Waals surface area contributed by atoms with Crippen LogP contribution in [0.4, 0.5) is 5.88 Å². The molecule has 2 aliphatic heterocycles. The Morgan fingerprint density at radius 2 is 2.00 bits per heavy atom. The van der Waals surface area contributed by atoms with Crippen LogP contribution in [0.1, 0.15) is 24.8 Å². The Morgan fingerprint density at radius 3 is 2.73 bits per heavy atom. The molecule has 1 N–H and O–H groups in total. The monoisotopic (exact) mass is 354 g/mol. The molecule has 3 rings (SSSR count). The molecule has 7 heteroatoms. The predicted molar refractivity (Wildman–Crippen MR) is 98.9 cm³/mol. The van der Waals surface area contributed by atoms with E-state index in [1.165, 1.54) is 37.9 Å². The number of likely N-dealkylation sites (N-methyl/N-ethyl adjacent to an activating group) is 1. The quantitative estimate of drug-likeness (QED) is 0.781. The number of nitriles is 2. The summed E-state index contributed by atoms with van der Waals surface area (Å²) in [6.45, 7) is 6.34. The van der Waals surface area contributed by atoms with Gasteiger partial charge in [0.2, 0.25) is 0 Å². The van der Waals surface area contributed by atoms with Crippen molar-refractivity contribution in [3.05, 3.63) is 29.3 Å². The third-order valence-corrected chi connectivity index (χ3v) is 5.03. The maximum absolute atomic E-state index is 9.07. The Balaban J connectivity index is 1.54. The second kappa shape index (κ2) is 8.64. The number of nitrogens with one attached hydrogen (secondary N) is 1. The van der Waals surface area contributed by atoms with E-state index in [1.807, 2.05) is 25.4 Å². The minimum atomic E-state index is 0.145. The Bertz CT molecular complexity index is 703. The van der Waals surface area contributed by atoms with Crippen LogP contribution in [0.15, 0.2) is 28.1 Å². The molecule has 0 bridgehead atoms. The van der Waals surface area contributed by atoms with Crippen molar-refractivity contribution in [1.29, 1.82) is 10.5 Å². The van der Waals surface area contributed by atoms with Gasteiger partial charge in [0.15, 0.2) is 11.5 Å². The van der Waals surface area contributed by atoms with Crippen LogP contribution in [0.5, 0.6) is 0 Å². The van der Waals surface area contributed by atoms with Crippen molar-refractivity contribution in [1.82, 2.24) is 15.1 Å². The lowest BCUT2D eigenvalue weighted by Crippen LogP contribution is -2.32. The van der Waals surface area contributed by atoms with Crippen molar-refractivity contribution in [2.75, 3.05) is 51.2 Å². The number of likely N-dealkylation sites (tertiary alicyclic amines) is 1. The van der Waals surface area contributed by atoms with Gasteiger partial charge in [-0.1, -0.05) is 6.42 Å². The number of hydrogen-bond acceptors (Lipinski definition) is 7. The first-order valence-electron chi connectivity index (χ1n) is 9.25. The molecule has 2 aliphatic rings. The molecule has 3 heterocycles. The molecule has 1 aromatic heterocycles. The van der Waals surface area contributed by atoms with Gasteiger partial charge in [-0.05, 0) is 25.9 Å². The van der Waals surface area contributed by atoms with E-state index < -0.39 is 0 Å². The second-order valence-electron chi connectivity index (χ2n) is 6.91. The highest BCUT2D eigenvalue weighted by molar-refractivity contribution is 5.40. The normalized spacial score (nSPS) is 17.5. The van der Waals surface area contributed by atoms with Crippen molar-refractivity contribution in [3.8, 4) is 12.1 Å². The molecule has 0 aromatic carbocycles. The molecule has 0 radical (unpaired) electrons. The first-order chi connectivity index (χ1) is 12.7. The van der Waals surface area contributed by atoms with Gasteiger partial charge in [-0.25, -0.2) is 0 Å². The first-order valence-corrected chi connectivity index (χ1v) is 9.25. The summed E-state index contributed by atoms with van der Waals surface area (Å²) in [4.78, 5) is 6.61. The van der Waals surface area contributed by atoms with Gasteiger partial charge in [-0.2, -0.15) is 10.5 Å². The molecular weight excluding hydrogens is 328 g/mol. The third kappa shape index (κ3) is 4.30. The summed E-state index contributed by atoms with van der Waals surface area (Å²) in [5.74, 6) is 1.50. The maximum atomic E-state index is 9.07. The van der Waals surface area contributed by atoms with Crippen LogP contribution in [0, 0.1) is 22.7 Å². The Morgan fingerprint density at radius 1 is 1.23 bits per heavy atom. The number of nitrogens with zero attached hydrogens (tertiary/aromatic N) is 5. The molecule has 0 saturated carbocycles. The predicted octanol–water partition coefficient (Wildman–Crippen LogP) is 1.87. The van der Waals surface area contributed by atoms with Gasteiger partial charge in [0.1, 0.15) is 18.0 Å². The molecule has 0 atom stereocenters.